The smallest absolute Gasteiger partial charge is 0.251 e. The number of nitrogens with one attached hydrogen (secondary N) is 1. The number of amides is 1. The first-order valence-electron chi connectivity index (χ1n) is 10.1. The number of aromatic amines is 1. The molecule has 3 heterocycles. The molecule has 3 aromatic rings. The van der Waals surface area contributed by atoms with Gasteiger partial charge in [-0.2, -0.15) is 0 Å². The topological polar surface area (TPSA) is 88.2 Å². The van der Waals surface area contributed by atoms with Gasteiger partial charge in [-0.25, -0.2) is 4.98 Å². The highest BCUT2D eigenvalue weighted by Gasteiger charge is 2.28. The summed E-state index contributed by atoms with van der Waals surface area (Å²) in [4.78, 5) is 38.4. The lowest BCUT2D eigenvalue weighted by molar-refractivity contribution is -0.129. The zero-order chi connectivity index (χ0) is 20.9. The van der Waals surface area contributed by atoms with Crippen molar-refractivity contribution in [3.05, 3.63) is 76.3 Å². The normalized spacial score (nSPS) is 15.9. The molecule has 1 N–H and O–H groups in total. The number of H-pyrrole nitrogens is 1. The Balaban J connectivity index is 1.43. The molecule has 7 heteroatoms. The predicted molar refractivity (Wildman–Crippen MR) is 113 cm³/mol. The lowest BCUT2D eigenvalue weighted by Gasteiger charge is -2.17. The van der Waals surface area contributed by atoms with Crippen LogP contribution in [0.4, 0.5) is 0 Å². The number of likely N-dealkylation sites (tertiary alicyclic amines) is 1. The Kier molecular flexibility index (Phi) is 5.88. The monoisotopic (exact) mass is 404 g/mol. The molecule has 0 unspecified atom stereocenters. The molecule has 0 spiro atoms. The van der Waals surface area contributed by atoms with Crippen LogP contribution in [0.1, 0.15) is 30.5 Å². The van der Waals surface area contributed by atoms with Crippen LogP contribution in [-0.2, 0) is 11.2 Å². The molecule has 4 rings (SSSR count). The minimum atomic E-state index is -0.209. The Bertz CT molecular complexity index is 1060. The van der Waals surface area contributed by atoms with Gasteiger partial charge in [-0.05, 0) is 43.2 Å². The molecule has 1 amide bonds. The van der Waals surface area contributed by atoms with Gasteiger partial charge in [0.05, 0.1) is 18.7 Å². The van der Waals surface area contributed by atoms with Gasteiger partial charge >= 0.3 is 0 Å². The van der Waals surface area contributed by atoms with E-state index in [0.29, 0.717) is 43.3 Å². The van der Waals surface area contributed by atoms with E-state index in [4.69, 9.17) is 4.74 Å². The van der Waals surface area contributed by atoms with Crippen molar-refractivity contribution in [1.82, 2.24) is 19.9 Å². The number of rotatable bonds is 6. The molecule has 30 heavy (non-hydrogen) atoms. The first-order chi connectivity index (χ1) is 14.6. The molecule has 0 bridgehead atoms. The number of nitrogens with zero attached hydrogens (tertiary/aromatic N) is 3. The Labute approximate surface area is 174 Å². The number of hydrogen-bond donors (Lipinski definition) is 1. The summed E-state index contributed by atoms with van der Waals surface area (Å²) < 4.78 is 5.45. The fourth-order valence-electron chi connectivity index (χ4n) is 3.69. The predicted octanol–water partition coefficient (Wildman–Crippen LogP) is 2.79. The van der Waals surface area contributed by atoms with Crippen molar-refractivity contribution < 1.29 is 9.53 Å². The molecular weight excluding hydrogens is 380 g/mol. The van der Waals surface area contributed by atoms with Crippen LogP contribution in [-0.4, -0.2) is 45.5 Å². The number of carbonyl (C=O) groups excluding carboxylic acids is 1. The van der Waals surface area contributed by atoms with Gasteiger partial charge in [0.2, 0.25) is 5.91 Å². The van der Waals surface area contributed by atoms with E-state index in [1.807, 2.05) is 54.3 Å². The van der Waals surface area contributed by atoms with Crippen LogP contribution in [0.5, 0.6) is 5.75 Å². The molecule has 1 aromatic carbocycles. The molecule has 0 saturated carbocycles. The van der Waals surface area contributed by atoms with Gasteiger partial charge < -0.3 is 14.6 Å². The Morgan fingerprint density at radius 2 is 2.07 bits per heavy atom. The third kappa shape index (κ3) is 4.56. The molecular formula is C23H24N4O3. The van der Waals surface area contributed by atoms with Crippen molar-refractivity contribution in [3.63, 3.8) is 0 Å². The van der Waals surface area contributed by atoms with E-state index in [9.17, 15) is 9.59 Å². The number of aromatic nitrogens is 3. The van der Waals surface area contributed by atoms with Gasteiger partial charge in [-0.15, -0.1) is 0 Å². The van der Waals surface area contributed by atoms with Gasteiger partial charge in [0.15, 0.2) is 5.82 Å². The van der Waals surface area contributed by atoms with Crippen molar-refractivity contribution in [2.75, 3.05) is 19.7 Å². The number of pyridine rings is 1. The number of benzene rings is 1. The van der Waals surface area contributed by atoms with Crippen molar-refractivity contribution in [2.45, 2.75) is 25.7 Å². The molecule has 1 aliphatic heterocycles. The highest BCUT2D eigenvalue weighted by atomic mass is 16.5. The van der Waals surface area contributed by atoms with Crippen LogP contribution in [0.3, 0.4) is 0 Å². The quantitative estimate of drug-likeness (QED) is 0.683. The van der Waals surface area contributed by atoms with E-state index < -0.39 is 0 Å². The third-order valence-electron chi connectivity index (χ3n) is 5.22. The van der Waals surface area contributed by atoms with Gasteiger partial charge in [0, 0.05) is 31.3 Å². The van der Waals surface area contributed by atoms with Crippen LogP contribution in [0, 0.1) is 0 Å². The summed E-state index contributed by atoms with van der Waals surface area (Å²) >= 11 is 0. The zero-order valence-corrected chi connectivity index (χ0v) is 16.9. The minimum Gasteiger partial charge on any atom is -0.494 e. The first-order valence-corrected chi connectivity index (χ1v) is 10.1. The lowest BCUT2D eigenvalue weighted by atomic mass is 10.0. The van der Waals surface area contributed by atoms with E-state index in [-0.39, 0.29) is 17.4 Å². The summed E-state index contributed by atoms with van der Waals surface area (Å²) in [5.74, 6) is 1.38. The molecule has 154 valence electrons. The van der Waals surface area contributed by atoms with Crippen LogP contribution in [0.15, 0.2) is 59.5 Å². The Morgan fingerprint density at radius 3 is 2.80 bits per heavy atom. The fourth-order valence-corrected chi connectivity index (χ4v) is 3.69. The van der Waals surface area contributed by atoms with Gasteiger partial charge in [0.1, 0.15) is 11.4 Å². The average Bonchev–Trinajstić information content (AvgIpc) is 3.26. The van der Waals surface area contributed by atoms with E-state index in [1.54, 1.807) is 6.20 Å². The molecule has 1 atom stereocenters. The second-order valence-electron chi connectivity index (χ2n) is 7.31. The van der Waals surface area contributed by atoms with E-state index in [0.717, 1.165) is 17.7 Å². The molecule has 0 radical (unpaired) electrons. The molecule has 2 aromatic heterocycles. The number of ether oxygens (including phenoxy) is 1. The van der Waals surface area contributed by atoms with Gasteiger partial charge in [-0.1, -0.05) is 18.2 Å². The maximum absolute atomic E-state index is 12.8. The summed E-state index contributed by atoms with van der Waals surface area (Å²) in [5, 5.41) is 0. The summed E-state index contributed by atoms with van der Waals surface area (Å²) in [6.45, 7) is 3.78. The van der Waals surface area contributed by atoms with Crippen molar-refractivity contribution >= 4 is 5.91 Å². The fraction of sp³-hybridized carbons (Fsp3) is 0.304. The molecule has 0 aliphatic carbocycles. The summed E-state index contributed by atoms with van der Waals surface area (Å²) in [6.07, 6.45) is 2.80. The Hall–Kier alpha value is -3.48. The van der Waals surface area contributed by atoms with E-state index >= 15 is 0 Å². The Morgan fingerprint density at radius 1 is 1.23 bits per heavy atom. The van der Waals surface area contributed by atoms with E-state index in [2.05, 4.69) is 15.0 Å². The second-order valence-corrected chi connectivity index (χ2v) is 7.31. The maximum Gasteiger partial charge on any atom is 0.251 e. The maximum atomic E-state index is 12.8. The van der Waals surface area contributed by atoms with E-state index in [1.165, 1.54) is 6.07 Å². The molecule has 1 fully saturated rings. The third-order valence-corrected chi connectivity index (χ3v) is 5.22. The van der Waals surface area contributed by atoms with Gasteiger partial charge in [0.25, 0.3) is 5.56 Å². The second kappa shape index (κ2) is 8.90. The minimum absolute atomic E-state index is 0.0408. The zero-order valence-electron chi connectivity index (χ0n) is 16.9. The standard InChI is InChI=1S/C23H24N4O3/c1-2-30-18-8-6-16(7-9-18)13-22(29)27-12-10-17(15-27)20-14-21(28)26-23(25-20)19-5-3-4-11-24-19/h3-9,11,14,17H,2,10,12-13,15H2,1H3,(H,25,26,28)/t17-/m1/s1. The van der Waals surface area contributed by atoms with Crippen LogP contribution in [0.25, 0.3) is 11.5 Å². The highest BCUT2D eigenvalue weighted by Crippen LogP contribution is 2.26. The SMILES string of the molecule is CCOc1ccc(CC(=O)N2CC[C@@H](c3cc(=O)[nH]c(-c4ccccn4)n3)C2)cc1. The largest absolute Gasteiger partial charge is 0.494 e. The number of carbonyl (C=O) groups is 1. The summed E-state index contributed by atoms with van der Waals surface area (Å²) in [5.41, 5.74) is 2.08. The van der Waals surface area contributed by atoms with Crippen molar-refractivity contribution in [3.8, 4) is 17.3 Å². The molecule has 1 saturated heterocycles. The highest BCUT2D eigenvalue weighted by molar-refractivity contribution is 5.79. The van der Waals surface area contributed by atoms with Crippen LogP contribution < -0.4 is 10.3 Å². The summed E-state index contributed by atoms with van der Waals surface area (Å²) in [7, 11) is 0. The molecule has 7 nitrogen and oxygen atoms in total. The summed E-state index contributed by atoms with van der Waals surface area (Å²) in [6, 6.07) is 14.6. The van der Waals surface area contributed by atoms with Crippen molar-refractivity contribution in [2.24, 2.45) is 0 Å². The average molecular weight is 404 g/mol. The molecule has 1 aliphatic rings. The van der Waals surface area contributed by atoms with Crippen molar-refractivity contribution in [1.29, 1.82) is 0 Å². The van der Waals surface area contributed by atoms with Gasteiger partial charge in [-0.3, -0.25) is 14.6 Å². The lowest BCUT2D eigenvalue weighted by Crippen LogP contribution is -2.30. The first kappa shape index (κ1) is 19.8. The number of hydrogen-bond acceptors (Lipinski definition) is 5. The van der Waals surface area contributed by atoms with Crippen LogP contribution in [0.2, 0.25) is 0 Å². The van der Waals surface area contributed by atoms with Crippen LogP contribution >= 0.6 is 0 Å².